The van der Waals surface area contributed by atoms with Crippen LogP contribution < -0.4 is 0 Å². The summed E-state index contributed by atoms with van der Waals surface area (Å²) in [5.41, 5.74) is 5.94. The SMILES string of the molecule is Cc1cc(-c2ccccc2)nnc1CCC1CCN(Cc2ccccc2)CC1. The molecular weight excluding hydrogens is 342 g/mol. The molecule has 0 radical (unpaired) electrons. The highest BCUT2D eigenvalue weighted by Crippen LogP contribution is 2.24. The lowest BCUT2D eigenvalue weighted by Gasteiger charge is -2.32. The molecule has 4 rings (SSSR count). The maximum absolute atomic E-state index is 4.55. The van der Waals surface area contributed by atoms with Crippen molar-refractivity contribution in [3.63, 3.8) is 0 Å². The third-order valence-electron chi connectivity index (χ3n) is 5.90. The minimum absolute atomic E-state index is 0.807. The third kappa shape index (κ3) is 4.85. The fraction of sp³-hybridized carbons (Fsp3) is 0.360. The summed E-state index contributed by atoms with van der Waals surface area (Å²) in [5, 5.41) is 9.02. The second-order valence-corrected chi connectivity index (χ2v) is 7.97. The minimum Gasteiger partial charge on any atom is -0.299 e. The summed E-state index contributed by atoms with van der Waals surface area (Å²) in [6, 6.07) is 23.3. The van der Waals surface area contributed by atoms with E-state index >= 15 is 0 Å². The Labute approximate surface area is 168 Å². The van der Waals surface area contributed by atoms with E-state index in [-0.39, 0.29) is 0 Å². The van der Waals surface area contributed by atoms with E-state index in [1.165, 1.54) is 43.5 Å². The van der Waals surface area contributed by atoms with Gasteiger partial charge in [-0.1, -0.05) is 60.7 Å². The average molecular weight is 372 g/mol. The van der Waals surface area contributed by atoms with Crippen LogP contribution in [0.5, 0.6) is 0 Å². The van der Waals surface area contributed by atoms with Gasteiger partial charge in [0, 0.05) is 12.1 Å². The summed E-state index contributed by atoms with van der Waals surface area (Å²) in [5.74, 6) is 0.807. The van der Waals surface area contributed by atoms with Crippen molar-refractivity contribution < 1.29 is 0 Å². The molecule has 0 amide bonds. The zero-order valence-electron chi connectivity index (χ0n) is 16.7. The molecule has 28 heavy (non-hydrogen) atoms. The first-order chi connectivity index (χ1) is 13.8. The van der Waals surface area contributed by atoms with E-state index in [4.69, 9.17) is 0 Å². The van der Waals surface area contributed by atoms with E-state index < -0.39 is 0 Å². The highest BCUT2D eigenvalue weighted by molar-refractivity contribution is 5.59. The van der Waals surface area contributed by atoms with Gasteiger partial charge < -0.3 is 0 Å². The second kappa shape index (κ2) is 9.11. The van der Waals surface area contributed by atoms with Crippen molar-refractivity contribution in [1.29, 1.82) is 0 Å². The fourth-order valence-corrected chi connectivity index (χ4v) is 4.12. The number of aromatic nitrogens is 2. The molecule has 0 atom stereocenters. The van der Waals surface area contributed by atoms with Crippen LogP contribution in [0, 0.1) is 12.8 Å². The van der Waals surface area contributed by atoms with Gasteiger partial charge in [0.1, 0.15) is 0 Å². The van der Waals surface area contributed by atoms with Crippen LogP contribution in [-0.4, -0.2) is 28.2 Å². The number of nitrogens with zero attached hydrogens (tertiary/aromatic N) is 3. The van der Waals surface area contributed by atoms with Crippen LogP contribution >= 0.6 is 0 Å². The largest absolute Gasteiger partial charge is 0.299 e. The topological polar surface area (TPSA) is 29.0 Å². The minimum atomic E-state index is 0.807. The van der Waals surface area contributed by atoms with Gasteiger partial charge in [0.2, 0.25) is 0 Å². The zero-order valence-corrected chi connectivity index (χ0v) is 16.7. The monoisotopic (exact) mass is 371 g/mol. The van der Waals surface area contributed by atoms with E-state index in [0.717, 1.165) is 35.8 Å². The Balaban J connectivity index is 1.27. The molecule has 2 aromatic carbocycles. The number of hydrogen-bond donors (Lipinski definition) is 0. The highest BCUT2D eigenvalue weighted by Gasteiger charge is 2.19. The average Bonchev–Trinajstić information content (AvgIpc) is 2.75. The van der Waals surface area contributed by atoms with Gasteiger partial charge in [0.05, 0.1) is 11.4 Å². The Hall–Kier alpha value is -2.52. The lowest BCUT2D eigenvalue weighted by molar-refractivity contribution is 0.172. The van der Waals surface area contributed by atoms with Crippen molar-refractivity contribution in [2.45, 2.75) is 39.2 Å². The second-order valence-electron chi connectivity index (χ2n) is 7.97. The molecule has 1 saturated heterocycles. The van der Waals surface area contributed by atoms with Crippen molar-refractivity contribution in [2.24, 2.45) is 5.92 Å². The number of likely N-dealkylation sites (tertiary alicyclic amines) is 1. The Morgan fingerprint density at radius 1 is 0.893 bits per heavy atom. The van der Waals surface area contributed by atoms with E-state index in [1.807, 2.05) is 18.2 Å². The van der Waals surface area contributed by atoms with E-state index in [1.54, 1.807) is 0 Å². The maximum atomic E-state index is 4.55. The normalized spacial score (nSPS) is 15.6. The molecule has 0 spiro atoms. The van der Waals surface area contributed by atoms with Crippen LogP contribution in [0.15, 0.2) is 66.7 Å². The van der Waals surface area contributed by atoms with Gasteiger partial charge in [0.15, 0.2) is 0 Å². The molecule has 1 aromatic heterocycles. The predicted molar refractivity (Wildman–Crippen MR) is 115 cm³/mol. The van der Waals surface area contributed by atoms with Gasteiger partial charge >= 0.3 is 0 Å². The molecule has 0 aliphatic carbocycles. The van der Waals surface area contributed by atoms with Crippen molar-refractivity contribution in [2.75, 3.05) is 13.1 Å². The Morgan fingerprint density at radius 3 is 2.25 bits per heavy atom. The first-order valence-electron chi connectivity index (χ1n) is 10.4. The lowest BCUT2D eigenvalue weighted by Crippen LogP contribution is -2.33. The van der Waals surface area contributed by atoms with E-state index in [2.05, 4.69) is 70.6 Å². The summed E-state index contributed by atoms with van der Waals surface area (Å²) < 4.78 is 0. The molecule has 1 aliphatic heterocycles. The molecule has 144 valence electrons. The molecule has 3 nitrogen and oxygen atoms in total. The number of aryl methyl sites for hydroxylation is 2. The van der Waals surface area contributed by atoms with Crippen LogP contribution in [0.3, 0.4) is 0 Å². The van der Waals surface area contributed by atoms with Gasteiger partial charge in [-0.15, -0.1) is 0 Å². The third-order valence-corrected chi connectivity index (χ3v) is 5.90. The Morgan fingerprint density at radius 2 is 1.57 bits per heavy atom. The molecule has 3 aromatic rings. The fourth-order valence-electron chi connectivity index (χ4n) is 4.12. The lowest BCUT2D eigenvalue weighted by atomic mass is 9.90. The van der Waals surface area contributed by atoms with Crippen LogP contribution in [0.2, 0.25) is 0 Å². The van der Waals surface area contributed by atoms with Gasteiger partial charge in [-0.2, -0.15) is 10.2 Å². The molecule has 0 saturated carbocycles. The van der Waals surface area contributed by atoms with Crippen LogP contribution in [-0.2, 0) is 13.0 Å². The molecular formula is C25H29N3. The molecule has 0 unspecified atom stereocenters. The molecule has 2 heterocycles. The van der Waals surface area contributed by atoms with Gasteiger partial charge in [-0.25, -0.2) is 0 Å². The van der Waals surface area contributed by atoms with Crippen molar-refractivity contribution >= 4 is 0 Å². The standard InChI is InChI=1S/C25H29N3/c1-20-18-25(23-10-6-3-7-11-23)27-26-24(20)13-12-21-14-16-28(17-15-21)19-22-8-4-2-5-9-22/h2-11,18,21H,12-17,19H2,1H3. The summed E-state index contributed by atoms with van der Waals surface area (Å²) >= 11 is 0. The maximum Gasteiger partial charge on any atom is 0.0932 e. The van der Waals surface area contributed by atoms with Crippen molar-refractivity contribution in [3.05, 3.63) is 83.6 Å². The Bertz CT molecular complexity index is 869. The van der Waals surface area contributed by atoms with Gasteiger partial charge in [0.25, 0.3) is 0 Å². The van der Waals surface area contributed by atoms with Crippen molar-refractivity contribution in [3.8, 4) is 11.3 Å². The highest BCUT2D eigenvalue weighted by atomic mass is 15.1. The summed E-state index contributed by atoms with van der Waals surface area (Å²) in [4.78, 5) is 2.59. The molecule has 3 heteroatoms. The smallest absolute Gasteiger partial charge is 0.0932 e. The van der Waals surface area contributed by atoms with Crippen LogP contribution in [0.25, 0.3) is 11.3 Å². The summed E-state index contributed by atoms with van der Waals surface area (Å²) in [7, 11) is 0. The number of piperidine rings is 1. The van der Waals surface area contributed by atoms with E-state index in [0.29, 0.717) is 0 Å². The number of hydrogen-bond acceptors (Lipinski definition) is 3. The van der Waals surface area contributed by atoms with Crippen LogP contribution in [0.4, 0.5) is 0 Å². The Kier molecular flexibility index (Phi) is 6.13. The number of benzene rings is 2. The van der Waals surface area contributed by atoms with E-state index in [9.17, 15) is 0 Å². The first-order valence-corrected chi connectivity index (χ1v) is 10.4. The molecule has 0 N–H and O–H groups in total. The molecule has 1 aliphatic rings. The first kappa shape index (κ1) is 18.8. The number of rotatable bonds is 6. The van der Waals surface area contributed by atoms with Gasteiger partial charge in [-0.05, 0) is 68.8 Å². The van der Waals surface area contributed by atoms with Crippen molar-refractivity contribution in [1.82, 2.24) is 15.1 Å². The zero-order chi connectivity index (χ0) is 19.2. The molecule has 1 fully saturated rings. The predicted octanol–water partition coefficient (Wildman–Crippen LogP) is 5.30. The molecule has 0 bridgehead atoms. The quantitative estimate of drug-likeness (QED) is 0.589. The summed E-state index contributed by atoms with van der Waals surface area (Å²) in [6.07, 6.45) is 4.85. The van der Waals surface area contributed by atoms with Crippen LogP contribution in [0.1, 0.15) is 36.1 Å². The van der Waals surface area contributed by atoms with Gasteiger partial charge in [-0.3, -0.25) is 4.90 Å². The summed E-state index contributed by atoms with van der Waals surface area (Å²) in [6.45, 7) is 5.66.